The third-order valence-corrected chi connectivity index (χ3v) is 4.99. The van der Waals surface area contributed by atoms with Crippen molar-refractivity contribution in [2.75, 3.05) is 11.1 Å². The van der Waals surface area contributed by atoms with Gasteiger partial charge in [-0.1, -0.05) is 6.07 Å². The molecule has 0 bridgehead atoms. The van der Waals surface area contributed by atoms with Gasteiger partial charge in [-0.05, 0) is 61.9 Å². The van der Waals surface area contributed by atoms with Crippen molar-refractivity contribution < 1.29 is 4.79 Å². The largest absolute Gasteiger partial charge is 0.398 e. The van der Waals surface area contributed by atoms with Crippen LogP contribution in [0.4, 0.5) is 11.4 Å². The molecule has 104 valence electrons. The van der Waals surface area contributed by atoms with Gasteiger partial charge in [-0.15, -0.1) is 11.3 Å². The molecule has 0 saturated heterocycles. The Morgan fingerprint density at radius 1 is 1.25 bits per heavy atom. The van der Waals surface area contributed by atoms with Crippen molar-refractivity contribution >= 4 is 28.6 Å². The maximum Gasteiger partial charge on any atom is 0.265 e. The molecule has 0 saturated carbocycles. The summed E-state index contributed by atoms with van der Waals surface area (Å²) < 4.78 is 0. The van der Waals surface area contributed by atoms with Crippen molar-refractivity contribution in [2.24, 2.45) is 0 Å². The van der Waals surface area contributed by atoms with E-state index >= 15 is 0 Å². The molecule has 1 aromatic heterocycles. The van der Waals surface area contributed by atoms with Gasteiger partial charge in [0, 0.05) is 16.3 Å². The van der Waals surface area contributed by atoms with Crippen molar-refractivity contribution in [2.45, 2.75) is 32.6 Å². The fraction of sp³-hybridized carbons (Fsp3) is 0.312. The van der Waals surface area contributed by atoms with Crippen LogP contribution in [0.3, 0.4) is 0 Å². The molecule has 3 rings (SSSR count). The number of nitrogens with two attached hydrogens (primary N) is 1. The number of aryl methyl sites for hydroxylation is 3. The second kappa shape index (κ2) is 5.29. The molecule has 3 N–H and O–H groups in total. The van der Waals surface area contributed by atoms with Crippen LogP contribution in [-0.2, 0) is 12.8 Å². The van der Waals surface area contributed by atoms with Gasteiger partial charge in [-0.25, -0.2) is 0 Å². The minimum Gasteiger partial charge on any atom is -0.398 e. The third kappa shape index (κ3) is 2.56. The Morgan fingerprint density at radius 2 is 2.05 bits per heavy atom. The number of nitrogens with one attached hydrogen (secondary N) is 1. The first-order chi connectivity index (χ1) is 9.63. The van der Waals surface area contributed by atoms with Crippen LogP contribution in [0.1, 0.15) is 38.5 Å². The van der Waals surface area contributed by atoms with E-state index in [1.165, 1.54) is 23.3 Å². The molecule has 1 amide bonds. The van der Waals surface area contributed by atoms with Gasteiger partial charge in [0.1, 0.15) is 0 Å². The summed E-state index contributed by atoms with van der Waals surface area (Å²) in [5, 5.41) is 2.93. The highest BCUT2D eigenvalue weighted by molar-refractivity contribution is 7.14. The van der Waals surface area contributed by atoms with Crippen molar-refractivity contribution in [3.63, 3.8) is 0 Å². The number of carbonyl (C=O) groups is 1. The van der Waals surface area contributed by atoms with Crippen LogP contribution < -0.4 is 11.1 Å². The molecule has 1 aromatic carbocycles. The van der Waals surface area contributed by atoms with Crippen LogP contribution in [0.25, 0.3) is 0 Å². The fourth-order valence-electron chi connectivity index (χ4n) is 2.51. The molecular weight excluding hydrogens is 268 g/mol. The number of hydrogen-bond donors (Lipinski definition) is 2. The molecule has 4 heteroatoms. The van der Waals surface area contributed by atoms with Gasteiger partial charge in [0.2, 0.25) is 0 Å². The Balaban J connectivity index is 1.78. The number of nitrogen functional groups attached to an aromatic ring is 1. The molecule has 0 fully saturated rings. The molecule has 3 nitrogen and oxygen atoms in total. The lowest BCUT2D eigenvalue weighted by atomic mass is 9.99. The molecule has 1 aliphatic carbocycles. The van der Waals surface area contributed by atoms with Gasteiger partial charge < -0.3 is 11.1 Å². The van der Waals surface area contributed by atoms with Crippen molar-refractivity contribution in [3.8, 4) is 0 Å². The quantitative estimate of drug-likeness (QED) is 0.826. The van der Waals surface area contributed by atoms with Gasteiger partial charge in [-0.2, -0.15) is 0 Å². The van der Waals surface area contributed by atoms with Gasteiger partial charge in [-0.3, -0.25) is 4.79 Å². The molecule has 0 aliphatic heterocycles. The van der Waals surface area contributed by atoms with Crippen LogP contribution >= 0.6 is 11.3 Å². The summed E-state index contributed by atoms with van der Waals surface area (Å²) in [7, 11) is 0. The van der Waals surface area contributed by atoms with Crippen LogP contribution in [0.5, 0.6) is 0 Å². The Bertz CT molecular complexity index is 637. The highest BCUT2D eigenvalue weighted by Crippen LogP contribution is 2.30. The lowest BCUT2D eigenvalue weighted by Gasteiger charge is -2.08. The number of hydrogen-bond acceptors (Lipinski definition) is 3. The monoisotopic (exact) mass is 286 g/mol. The number of fused-ring (bicyclic) bond motifs is 1. The summed E-state index contributed by atoms with van der Waals surface area (Å²) >= 11 is 1.63. The zero-order chi connectivity index (χ0) is 14.1. The van der Waals surface area contributed by atoms with Crippen molar-refractivity contribution in [1.82, 2.24) is 0 Å². The molecule has 0 atom stereocenters. The first kappa shape index (κ1) is 13.2. The summed E-state index contributed by atoms with van der Waals surface area (Å²) in [6, 6.07) is 7.66. The average molecular weight is 286 g/mol. The van der Waals surface area contributed by atoms with Crippen molar-refractivity contribution in [3.05, 3.63) is 45.1 Å². The highest BCUT2D eigenvalue weighted by atomic mass is 32.1. The normalized spacial score (nSPS) is 13.8. The Kier molecular flexibility index (Phi) is 3.49. The maximum absolute atomic E-state index is 12.3. The van der Waals surface area contributed by atoms with E-state index in [-0.39, 0.29) is 5.91 Å². The minimum absolute atomic E-state index is 0.0346. The summed E-state index contributed by atoms with van der Waals surface area (Å²) in [5.74, 6) is -0.0346. The van der Waals surface area contributed by atoms with Gasteiger partial charge >= 0.3 is 0 Å². The Morgan fingerprint density at radius 3 is 2.80 bits per heavy atom. The second-order valence-electron chi connectivity index (χ2n) is 5.29. The molecule has 0 spiro atoms. The lowest BCUT2D eigenvalue weighted by molar-refractivity contribution is 0.103. The van der Waals surface area contributed by atoms with Crippen molar-refractivity contribution in [1.29, 1.82) is 0 Å². The molecule has 1 heterocycles. The molecule has 0 unspecified atom stereocenters. The average Bonchev–Trinajstić information content (AvgIpc) is 2.87. The van der Waals surface area contributed by atoms with Gasteiger partial charge in [0.05, 0.1) is 4.88 Å². The topological polar surface area (TPSA) is 55.1 Å². The highest BCUT2D eigenvalue weighted by Gasteiger charge is 2.17. The predicted octanol–water partition coefficient (Wildman–Crippen LogP) is 3.77. The number of rotatable bonds is 2. The summed E-state index contributed by atoms with van der Waals surface area (Å²) in [6.07, 6.45) is 4.70. The summed E-state index contributed by atoms with van der Waals surface area (Å²) in [4.78, 5) is 14.5. The van der Waals surface area contributed by atoms with E-state index in [4.69, 9.17) is 5.73 Å². The Labute approximate surface area is 122 Å². The first-order valence-corrected chi connectivity index (χ1v) is 7.74. The molecular formula is C16H18N2OS. The molecule has 1 aliphatic rings. The van der Waals surface area contributed by atoms with E-state index in [0.29, 0.717) is 5.69 Å². The number of thiophene rings is 1. The molecule has 20 heavy (non-hydrogen) atoms. The SMILES string of the molecule is Cc1ccc(NC(=O)c2cc3c(s2)CCCC3)cc1N. The first-order valence-electron chi connectivity index (χ1n) is 6.92. The van der Waals surface area contributed by atoms with Gasteiger partial charge in [0.15, 0.2) is 0 Å². The smallest absolute Gasteiger partial charge is 0.265 e. The number of amides is 1. The van der Waals surface area contributed by atoms with Crippen LogP contribution in [0.2, 0.25) is 0 Å². The number of benzene rings is 1. The van der Waals surface area contributed by atoms with Crippen LogP contribution in [-0.4, -0.2) is 5.91 Å². The fourth-order valence-corrected chi connectivity index (χ4v) is 3.66. The lowest BCUT2D eigenvalue weighted by Crippen LogP contribution is -2.10. The van der Waals surface area contributed by atoms with Crippen LogP contribution in [0.15, 0.2) is 24.3 Å². The van der Waals surface area contributed by atoms with Crippen LogP contribution in [0, 0.1) is 6.92 Å². The van der Waals surface area contributed by atoms with E-state index in [9.17, 15) is 4.79 Å². The number of anilines is 2. The maximum atomic E-state index is 12.3. The zero-order valence-corrected chi connectivity index (χ0v) is 12.3. The third-order valence-electron chi connectivity index (χ3n) is 3.76. The van der Waals surface area contributed by atoms with E-state index in [1.807, 2.05) is 25.1 Å². The predicted molar refractivity (Wildman–Crippen MR) is 84.5 cm³/mol. The van der Waals surface area contributed by atoms with E-state index in [0.717, 1.165) is 29.0 Å². The van der Waals surface area contributed by atoms with Gasteiger partial charge in [0.25, 0.3) is 5.91 Å². The van der Waals surface area contributed by atoms with E-state index < -0.39 is 0 Å². The number of carbonyl (C=O) groups excluding carboxylic acids is 1. The Hall–Kier alpha value is -1.81. The van der Waals surface area contributed by atoms with E-state index in [1.54, 1.807) is 17.4 Å². The minimum atomic E-state index is -0.0346. The zero-order valence-electron chi connectivity index (χ0n) is 11.5. The summed E-state index contributed by atoms with van der Waals surface area (Å²) in [5.41, 5.74) is 9.70. The van der Waals surface area contributed by atoms with E-state index in [2.05, 4.69) is 5.32 Å². The molecule has 0 radical (unpaired) electrons. The molecule has 2 aromatic rings. The standard InChI is InChI=1S/C16H18N2OS/c1-10-6-7-12(9-13(10)17)18-16(19)15-8-11-4-2-3-5-14(11)20-15/h6-9H,2-5,17H2,1H3,(H,18,19). The summed E-state index contributed by atoms with van der Waals surface area (Å²) in [6.45, 7) is 1.95. The second-order valence-corrected chi connectivity index (χ2v) is 6.43.